The van der Waals surface area contributed by atoms with Gasteiger partial charge in [-0.25, -0.2) is 4.79 Å². The van der Waals surface area contributed by atoms with Crippen molar-refractivity contribution in [3.63, 3.8) is 0 Å². The van der Waals surface area contributed by atoms with E-state index in [-0.39, 0.29) is 0 Å². The molecule has 1 heterocycles. The zero-order valence-electron chi connectivity index (χ0n) is 9.03. The predicted octanol–water partition coefficient (Wildman–Crippen LogP) is 2.16. The molecule has 3 heteroatoms. The molecule has 1 aliphatic rings. The van der Waals surface area contributed by atoms with Gasteiger partial charge >= 0.3 is 5.97 Å². The van der Waals surface area contributed by atoms with Gasteiger partial charge in [-0.15, -0.1) is 0 Å². The van der Waals surface area contributed by atoms with Crippen molar-refractivity contribution < 1.29 is 9.90 Å². The summed E-state index contributed by atoms with van der Waals surface area (Å²) >= 11 is 0. The summed E-state index contributed by atoms with van der Waals surface area (Å²) < 4.78 is 0. The number of carboxylic acid groups (broad SMARTS) is 1. The summed E-state index contributed by atoms with van der Waals surface area (Å²) in [5, 5.41) is 9.12. The quantitative estimate of drug-likeness (QED) is 0.804. The molecule has 15 heavy (non-hydrogen) atoms. The second-order valence-corrected chi connectivity index (χ2v) is 3.96. The number of aromatic carboxylic acids is 1. The largest absolute Gasteiger partial charge is 0.478 e. The summed E-state index contributed by atoms with van der Waals surface area (Å²) in [5.74, 6) is -0.834. The molecule has 0 amide bonds. The predicted molar refractivity (Wildman–Crippen MR) is 59.6 cm³/mol. The summed E-state index contributed by atoms with van der Waals surface area (Å²) in [6, 6.07) is 5.94. The van der Waals surface area contributed by atoms with Crippen LogP contribution in [0.25, 0.3) is 0 Å². The first-order valence-corrected chi connectivity index (χ1v) is 5.27. The number of nitrogens with zero attached hydrogens (tertiary/aromatic N) is 1. The minimum atomic E-state index is -0.834. The number of para-hydroxylation sites is 1. The Hall–Kier alpha value is -1.51. The Morgan fingerprint density at radius 2 is 2.33 bits per heavy atom. The van der Waals surface area contributed by atoms with Crippen LogP contribution in [0.1, 0.15) is 29.8 Å². The molecule has 1 N–H and O–H groups in total. The molecule has 3 nitrogen and oxygen atoms in total. The Morgan fingerprint density at radius 3 is 2.93 bits per heavy atom. The second-order valence-electron chi connectivity index (χ2n) is 3.96. The molecule has 0 aliphatic carbocycles. The van der Waals surface area contributed by atoms with Gasteiger partial charge in [-0.1, -0.05) is 12.1 Å². The highest BCUT2D eigenvalue weighted by molar-refractivity contribution is 5.96. The zero-order valence-corrected chi connectivity index (χ0v) is 9.03. The summed E-state index contributed by atoms with van der Waals surface area (Å²) in [4.78, 5) is 13.3. The van der Waals surface area contributed by atoms with E-state index >= 15 is 0 Å². The van der Waals surface area contributed by atoms with Crippen LogP contribution in [0, 0.1) is 0 Å². The number of likely N-dealkylation sites (N-methyl/N-ethyl adjacent to an activating group) is 1. The molecule has 0 saturated carbocycles. The maximum Gasteiger partial charge on any atom is 0.337 e. The average Bonchev–Trinajstić information content (AvgIpc) is 2.52. The number of hydrogen-bond acceptors (Lipinski definition) is 2. The Bertz CT molecular complexity index is 401. The van der Waals surface area contributed by atoms with Crippen LogP contribution in [0.3, 0.4) is 0 Å². The first-order valence-electron chi connectivity index (χ1n) is 5.27. The molecule has 1 aromatic carbocycles. The molecule has 1 unspecified atom stereocenters. The normalized spacial score (nSPS) is 19.1. The van der Waals surface area contributed by atoms with Gasteiger partial charge < -0.3 is 10.0 Å². The Labute approximate surface area is 89.3 Å². The van der Waals surface area contributed by atoms with Crippen molar-refractivity contribution in [1.82, 2.24) is 0 Å². The molecule has 1 aliphatic heterocycles. The van der Waals surface area contributed by atoms with Gasteiger partial charge in [0.05, 0.1) is 11.3 Å². The molecular weight excluding hydrogens is 190 g/mol. The van der Waals surface area contributed by atoms with Crippen LogP contribution < -0.4 is 4.90 Å². The first-order chi connectivity index (χ1) is 7.15. The van der Waals surface area contributed by atoms with E-state index in [1.807, 2.05) is 12.1 Å². The number of hydrogen-bond donors (Lipinski definition) is 1. The fourth-order valence-corrected chi connectivity index (χ4v) is 2.39. The van der Waals surface area contributed by atoms with Crippen LogP contribution in [-0.2, 0) is 6.42 Å². The SMILES string of the molecule is CCN1c2c(cccc2C(=O)O)CC1C. The van der Waals surface area contributed by atoms with Gasteiger partial charge in [0.1, 0.15) is 0 Å². The Morgan fingerprint density at radius 1 is 1.60 bits per heavy atom. The van der Waals surface area contributed by atoms with Gasteiger partial charge in [-0.2, -0.15) is 0 Å². The topological polar surface area (TPSA) is 40.5 Å². The monoisotopic (exact) mass is 205 g/mol. The Balaban J connectivity index is 2.56. The van der Waals surface area contributed by atoms with E-state index in [9.17, 15) is 4.79 Å². The third kappa shape index (κ3) is 1.48. The van der Waals surface area contributed by atoms with Crippen LogP contribution in [0.15, 0.2) is 18.2 Å². The van der Waals surface area contributed by atoms with E-state index in [1.165, 1.54) is 0 Å². The smallest absolute Gasteiger partial charge is 0.337 e. The molecule has 0 radical (unpaired) electrons. The molecule has 0 saturated heterocycles. The molecule has 80 valence electrons. The van der Waals surface area contributed by atoms with E-state index in [0.717, 1.165) is 24.2 Å². The van der Waals surface area contributed by atoms with E-state index in [2.05, 4.69) is 18.7 Å². The standard InChI is InChI=1S/C12H15NO2/c1-3-13-8(2)7-9-5-4-6-10(11(9)13)12(14)15/h4-6,8H,3,7H2,1-2H3,(H,14,15). The summed E-state index contributed by atoms with van der Waals surface area (Å²) in [5.41, 5.74) is 2.50. The lowest BCUT2D eigenvalue weighted by atomic mass is 10.1. The van der Waals surface area contributed by atoms with Gasteiger partial charge in [-0.05, 0) is 31.9 Å². The number of fused-ring (bicyclic) bond motifs is 1. The van der Waals surface area contributed by atoms with Crippen molar-refractivity contribution in [1.29, 1.82) is 0 Å². The van der Waals surface area contributed by atoms with E-state index in [4.69, 9.17) is 5.11 Å². The lowest BCUT2D eigenvalue weighted by Gasteiger charge is -2.23. The van der Waals surface area contributed by atoms with Crippen LogP contribution in [0.5, 0.6) is 0 Å². The molecule has 0 fully saturated rings. The van der Waals surface area contributed by atoms with Crippen LogP contribution in [-0.4, -0.2) is 23.7 Å². The van der Waals surface area contributed by atoms with Crippen molar-refractivity contribution in [2.75, 3.05) is 11.4 Å². The highest BCUT2D eigenvalue weighted by atomic mass is 16.4. The minimum absolute atomic E-state index is 0.408. The van der Waals surface area contributed by atoms with E-state index < -0.39 is 5.97 Å². The van der Waals surface area contributed by atoms with Gasteiger partial charge in [0.25, 0.3) is 0 Å². The number of anilines is 1. The third-order valence-corrected chi connectivity index (χ3v) is 3.03. The fraction of sp³-hybridized carbons (Fsp3) is 0.417. The summed E-state index contributed by atoms with van der Waals surface area (Å²) in [7, 11) is 0. The number of carbonyl (C=O) groups is 1. The molecule has 0 aromatic heterocycles. The van der Waals surface area contributed by atoms with Crippen molar-refractivity contribution in [2.24, 2.45) is 0 Å². The minimum Gasteiger partial charge on any atom is -0.478 e. The van der Waals surface area contributed by atoms with Crippen LogP contribution in [0.4, 0.5) is 5.69 Å². The van der Waals surface area contributed by atoms with Crippen molar-refractivity contribution >= 4 is 11.7 Å². The second kappa shape index (κ2) is 3.57. The number of benzene rings is 1. The van der Waals surface area contributed by atoms with Gasteiger partial charge in [-0.3, -0.25) is 0 Å². The van der Waals surface area contributed by atoms with E-state index in [0.29, 0.717) is 11.6 Å². The molecular formula is C12H15NO2. The maximum atomic E-state index is 11.1. The Kier molecular flexibility index (Phi) is 2.39. The third-order valence-electron chi connectivity index (χ3n) is 3.03. The van der Waals surface area contributed by atoms with Crippen LogP contribution in [0.2, 0.25) is 0 Å². The molecule has 1 aromatic rings. The van der Waals surface area contributed by atoms with Crippen molar-refractivity contribution in [3.8, 4) is 0 Å². The number of rotatable bonds is 2. The van der Waals surface area contributed by atoms with Gasteiger partial charge in [0, 0.05) is 12.6 Å². The highest BCUT2D eigenvalue weighted by Crippen LogP contribution is 2.34. The first kappa shape index (κ1) is 10.0. The van der Waals surface area contributed by atoms with Crippen molar-refractivity contribution in [3.05, 3.63) is 29.3 Å². The highest BCUT2D eigenvalue weighted by Gasteiger charge is 2.28. The molecule has 0 bridgehead atoms. The number of carboxylic acids is 1. The van der Waals surface area contributed by atoms with Gasteiger partial charge in [0.15, 0.2) is 0 Å². The fourth-order valence-electron chi connectivity index (χ4n) is 2.39. The van der Waals surface area contributed by atoms with Crippen LogP contribution >= 0.6 is 0 Å². The molecule has 1 atom stereocenters. The lowest BCUT2D eigenvalue weighted by Crippen LogP contribution is -2.29. The zero-order chi connectivity index (χ0) is 11.0. The molecule has 0 spiro atoms. The van der Waals surface area contributed by atoms with Crippen molar-refractivity contribution in [2.45, 2.75) is 26.3 Å². The summed E-state index contributed by atoms with van der Waals surface area (Å²) in [6.07, 6.45) is 0.949. The summed E-state index contributed by atoms with van der Waals surface area (Å²) in [6.45, 7) is 5.05. The maximum absolute atomic E-state index is 11.1. The average molecular weight is 205 g/mol. The lowest BCUT2D eigenvalue weighted by molar-refractivity contribution is 0.0697. The molecule has 2 rings (SSSR count). The van der Waals surface area contributed by atoms with E-state index in [1.54, 1.807) is 6.07 Å². The van der Waals surface area contributed by atoms with Gasteiger partial charge in [0.2, 0.25) is 0 Å².